The van der Waals surface area contributed by atoms with Crippen LogP contribution in [0.4, 0.5) is 10.6 Å². The lowest BCUT2D eigenvalue weighted by Crippen LogP contribution is -2.45. The summed E-state index contributed by atoms with van der Waals surface area (Å²) in [6.07, 6.45) is 0.739. The first-order valence-corrected chi connectivity index (χ1v) is 8.80. The summed E-state index contributed by atoms with van der Waals surface area (Å²) >= 11 is 0. The van der Waals surface area contributed by atoms with Crippen LogP contribution in [-0.4, -0.2) is 51.8 Å². The van der Waals surface area contributed by atoms with Crippen LogP contribution in [-0.2, 0) is 11.3 Å². The van der Waals surface area contributed by atoms with Crippen molar-refractivity contribution < 1.29 is 14.6 Å². The normalized spacial score (nSPS) is 20.2. The summed E-state index contributed by atoms with van der Waals surface area (Å²) in [4.78, 5) is 13.9. The summed E-state index contributed by atoms with van der Waals surface area (Å²) in [5.41, 5.74) is 0.608. The molecule has 2 atom stereocenters. The van der Waals surface area contributed by atoms with Crippen LogP contribution in [0.5, 0.6) is 0 Å². The van der Waals surface area contributed by atoms with E-state index in [0.29, 0.717) is 19.6 Å². The number of hydrogen-bond donors (Lipinski definition) is 2. The zero-order valence-corrected chi connectivity index (χ0v) is 15.4. The van der Waals surface area contributed by atoms with Crippen LogP contribution in [0.2, 0.25) is 0 Å². The smallest absolute Gasteiger partial charge is 0.408 e. The molecular weight excluding hydrogens is 332 g/mol. The molecule has 7 heteroatoms. The van der Waals surface area contributed by atoms with Crippen LogP contribution in [0.15, 0.2) is 42.6 Å². The van der Waals surface area contributed by atoms with Gasteiger partial charge in [-0.2, -0.15) is 5.10 Å². The number of aliphatic hydroxyl groups excluding tert-OH is 1. The van der Waals surface area contributed by atoms with Gasteiger partial charge in [-0.15, -0.1) is 0 Å². The summed E-state index contributed by atoms with van der Waals surface area (Å²) < 4.78 is 7.13. The quantitative estimate of drug-likeness (QED) is 0.874. The maximum atomic E-state index is 11.9. The fourth-order valence-corrected chi connectivity index (χ4v) is 2.95. The molecule has 26 heavy (non-hydrogen) atoms. The van der Waals surface area contributed by atoms with E-state index in [2.05, 4.69) is 22.5 Å². The molecule has 1 aliphatic heterocycles. The molecule has 1 aliphatic rings. The highest BCUT2D eigenvalue weighted by molar-refractivity contribution is 5.68. The number of carbonyl (C=O) groups excluding carboxylic acids is 1. The van der Waals surface area contributed by atoms with Gasteiger partial charge in [-0.3, -0.25) is 4.68 Å². The molecule has 0 saturated carbocycles. The van der Waals surface area contributed by atoms with Gasteiger partial charge in [-0.25, -0.2) is 4.79 Å². The van der Waals surface area contributed by atoms with Gasteiger partial charge in [0.05, 0.1) is 18.7 Å². The summed E-state index contributed by atoms with van der Waals surface area (Å²) in [7, 11) is 0. The Morgan fingerprint density at radius 1 is 1.27 bits per heavy atom. The van der Waals surface area contributed by atoms with E-state index in [9.17, 15) is 9.90 Å². The van der Waals surface area contributed by atoms with Crippen LogP contribution in [0.25, 0.3) is 0 Å². The molecule has 1 unspecified atom stereocenters. The minimum atomic E-state index is -0.665. The second kappa shape index (κ2) is 7.37. The largest absolute Gasteiger partial charge is 0.444 e. The Morgan fingerprint density at radius 2 is 2.00 bits per heavy atom. The lowest BCUT2D eigenvalue weighted by atomic mass is 10.2. The van der Waals surface area contributed by atoms with Crippen molar-refractivity contribution in [3.63, 3.8) is 0 Å². The van der Waals surface area contributed by atoms with E-state index >= 15 is 0 Å². The van der Waals surface area contributed by atoms with Crippen molar-refractivity contribution in [2.45, 2.75) is 45.1 Å². The van der Waals surface area contributed by atoms with Gasteiger partial charge in [0.25, 0.3) is 0 Å². The van der Waals surface area contributed by atoms with Gasteiger partial charge < -0.3 is 20.1 Å². The molecule has 0 spiro atoms. The van der Waals surface area contributed by atoms with Crippen molar-refractivity contribution >= 4 is 11.9 Å². The molecule has 2 aromatic rings. The zero-order chi connectivity index (χ0) is 18.7. The third kappa shape index (κ3) is 4.76. The monoisotopic (exact) mass is 358 g/mol. The zero-order valence-electron chi connectivity index (χ0n) is 15.4. The highest BCUT2D eigenvalue weighted by Gasteiger charge is 2.34. The van der Waals surface area contributed by atoms with Gasteiger partial charge in [0.1, 0.15) is 5.60 Å². The summed E-state index contributed by atoms with van der Waals surface area (Å²) in [6.45, 7) is 7.03. The van der Waals surface area contributed by atoms with Gasteiger partial charge in [-0.1, -0.05) is 30.3 Å². The lowest BCUT2D eigenvalue weighted by molar-refractivity contribution is 0.0461. The number of hydrogen-bond acceptors (Lipinski definition) is 5. The number of rotatable bonds is 4. The van der Waals surface area contributed by atoms with Crippen molar-refractivity contribution in [3.05, 3.63) is 48.2 Å². The summed E-state index contributed by atoms with van der Waals surface area (Å²) in [6, 6.07) is 11.6. The van der Waals surface area contributed by atoms with Gasteiger partial charge in [-0.05, 0) is 26.3 Å². The number of alkyl carbamates (subject to hydrolysis) is 1. The maximum absolute atomic E-state index is 11.9. The van der Waals surface area contributed by atoms with E-state index in [1.165, 1.54) is 5.56 Å². The molecule has 7 nitrogen and oxygen atoms in total. The minimum absolute atomic E-state index is 0.385. The molecule has 1 amide bonds. The average molecular weight is 358 g/mol. The molecular formula is C19H26N4O3. The van der Waals surface area contributed by atoms with E-state index in [1.54, 1.807) is 0 Å². The Kier molecular flexibility index (Phi) is 5.18. The van der Waals surface area contributed by atoms with Crippen molar-refractivity contribution in [1.82, 2.24) is 15.1 Å². The molecule has 140 valence electrons. The van der Waals surface area contributed by atoms with Crippen LogP contribution < -0.4 is 10.2 Å². The average Bonchev–Trinajstić information content (AvgIpc) is 3.14. The highest BCUT2D eigenvalue weighted by atomic mass is 16.6. The molecule has 3 rings (SSSR count). The number of nitrogens with one attached hydrogen (secondary N) is 1. The van der Waals surface area contributed by atoms with Gasteiger partial charge in [0.2, 0.25) is 0 Å². The Labute approximate surface area is 153 Å². The number of aliphatic hydroxyl groups is 1. The number of carbonyl (C=O) groups is 1. The molecule has 0 bridgehead atoms. The van der Waals surface area contributed by atoms with Crippen LogP contribution in [0, 0.1) is 0 Å². The van der Waals surface area contributed by atoms with E-state index in [1.807, 2.05) is 60.8 Å². The van der Waals surface area contributed by atoms with Gasteiger partial charge >= 0.3 is 6.09 Å². The molecule has 1 fully saturated rings. The van der Waals surface area contributed by atoms with Crippen molar-refractivity contribution in [2.75, 3.05) is 18.0 Å². The number of nitrogens with zero attached hydrogens (tertiary/aromatic N) is 3. The number of aromatic nitrogens is 2. The second-order valence-electron chi connectivity index (χ2n) is 7.58. The topological polar surface area (TPSA) is 79.6 Å². The number of β-amino-alcohol motifs (C(OH)–C–C–N with tert-alkyl or cyclic N) is 1. The van der Waals surface area contributed by atoms with Crippen molar-refractivity contribution in [2.24, 2.45) is 0 Å². The summed E-state index contributed by atoms with van der Waals surface area (Å²) in [5, 5.41) is 17.6. The van der Waals surface area contributed by atoms with Gasteiger partial charge in [0.15, 0.2) is 5.82 Å². The Morgan fingerprint density at radius 3 is 2.69 bits per heavy atom. The molecule has 1 saturated heterocycles. The van der Waals surface area contributed by atoms with Gasteiger partial charge in [0, 0.05) is 25.4 Å². The Bertz CT molecular complexity index is 739. The van der Waals surface area contributed by atoms with Crippen LogP contribution in [0.3, 0.4) is 0 Å². The highest BCUT2D eigenvalue weighted by Crippen LogP contribution is 2.19. The van der Waals surface area contributed by atoms with Crippen LogP contribution >= 0.6 is 0 Å². The second-order valence-corrected chi connectivity index (χ2v) is 7.58. The van der Waals surface area contributed by atoms with E-state index in [4.69, 9.17) is 4.74 Å². The van der Waals surface area contributed by atoms with Crippen molar-refractivity contribution in [1.29, 1.82) is 0 Å². The maximum Gasteiger partial charge on any atom is 0.408 e. The van der Waals surface area contributed by atoms with E-state index < -0.39 is 17.8 Å². The third-order valence-corrected chi connectivity index (χ3v) is 4.13. The molecule has 0 radical (unpaired) electrons. The number of ether oxygens (including phenoxy) is 1. The van der Waals surface area contributed by atoms with E-state index in [-0.39, 0.29) is 6.04 Å². The summed E-state index contributed by atoms with van der Waals surface area (Å²) in [5.74, 6) is 0.786. The first kappa shape index (κ1) is 18.3. The molecule has 2 N–H and O–H groups in total. The minimum Gasteiger partial charge on any atom is -0.444 e. The molecule has 1 aromatic heterocycles. The molecule has 2 heterocycles. The fraction of sp³-hybridized carbons (Fsp3) is 0.474. The first-order valence-electron chi connectivity index (χ1n) is 8.80. The lowest BCUT2D eigenvalue weighted by Gasteiger charge is -2.22. The van der Waals surface area contributed by atoms with E-state index in [0.717, 1.165) is 5.82 Å². The number of amides is 1. The predicted molar refractivity (Wildman–Crippen MR) is 99.1 cm³/mol. The molecule has 1 aromatic carbocycles. The Balaban J connectivity index is 1.58. The first-order chi connectivity index (χ1) is 12.3. The fourth-order valence-electron chi connectivity index (χ4n) is 2.95. The standard InChI is InChI=1S/C19H26N4O3/c1-19(2,3)26-18(25)20-15-12-22(13-16(15)24)17-9-10-23(21-17)11-14-7-5-4-6-8-14/h4-10,15-16,24H,11-13H2,1-3H3,(H,20,25)/t15?,16-/m1/s1. The van der Waals surface area contributed by atoms with Crippen LogP contribution in [0.1, 0.15) is 26.3 Å². The number of benzene rings is 1. The number of anilines is 1. The Hall–Kier alpha value is -2.54. The third-order valence-electron chi connectivity index (χ3n) is 4.13. The van der Waals surface area contributed by atoms with Crippen molar-refractivity contribution in [3.8, 4) is 0 Å². The molecule has 0 aliphatic carbocycles. The SMILES string of the molecule is CC(C)(C)OC(=O)NC1CN(c2ccn(Cc3ccccc3)n2)C[C@H]1O. The predicted octanol–water partition coefficient (Wildman–Crippen LogP) is 2.01.